The van der Waals surface area contributed by atoms with Gasteiger partial charge in [-0.2, -0.15) is 0 Å². The first-order valence-electron chi connectivity index (χ1n) is 8.47. The minimum absolute atomic E-state index is 0.0416. The van der Waals surface area contributed by atoms with Crippen LogP contribution in [0.1, 0.15) is 41.9 Å². The van der Waals surface area contributed by atoms with E-state index in [4.69, 9.17) is 16.3 Å². The van der Waals surface area contributed by atoms with E-state index in [9.17, 15) is 14.7 Å². The van der Waals surface area contributed by atoms with Crippen molar-refractivity contribution in [1.29, 1.82) is 0 Å². The van der Waals surface area contributed by atoms with Crippen LogP contribution in [0.4, 0.5) is 5.69 Å². The van der Waals surface area contributed by atoms with Gasteiger partial charge in [-0.15, -0.1) is 0 Å². The van der Waals surface area contributed by atoms with E-state index in [1.807, 2.05) is 18.2 Å². The molecule has 2 heterocycles. The molecule has 1 aromatic carbocycles. The number of anilines is 1. The van der Waals surface area contributed by atoms with Gasteiger partial charge in [0.25, 0.3) is 0 Å². The summed E-state index contributed by atoms with van der Waals surface area (Å²) in [7, 11) is 0. The molecule has 1 fully saturated rings. The molecule has 134 valence electrons. The lowest BCUT2D eigenvalue weighted by molar-refractivity contribution is -0.122. The van der Waals surface area contributed by atoms with Crippen LogP contribution in [0.15, 0.2) is 36.4 Å². The van der Waals surface area contributed by atoms with E-state index in [1.165, 1.54) is 6.07 Å². The monoisotopic (exact) mass is 372 g/mol. The smallest absolute Gasteiger partial charge is 0.354 e. The first kappa shape index (κ1) is 16.8. The third kappa shape index (κ3) is 2.70. The molecule has 0 unspecified atom stereocenters. The van der Waals surface area contributed by atoms with Gasteiger partial charge in [0.1, 0.15) is 11.4 Å². The highest BCUT2D eigenvalue weighted by Gasteiger charge is 2.50. The number of fused-ring (bicyclic) bond motifs is 2. The van der Waals surface area contributed by atoms with E-state index in [2.05, 4.69) is 10.3 Å². The zero-order chi connectivity index (χ0) is 18.3. The number of nitrogens with zero attached hydrogens (tertiary/aromatic N) is 1. The molecule has 1 aliphatic carbocycles. The number of rotatable bonds is 3. The molecule has 0 bridgehead atoms. The highest BCUT2D eigenvalue weighted by Crippen LogP contribution is 2.47. The third-order valence-electron chi connectivity index (χ3n) is 5.17. The van der Waals surface area contributed by atoms with Crippen LogP contribution in [0.5, 0.6) is 5.75 Å². The quantitative estimate of drug-likeness (QED) is 0.858. The number of aromatic nitrogens is 1. The molecule has 4 rings (SSSR count). The lowest BCUT2D eigenvalue weighted by Crippen LogP contribution is -2.41. The van der Waals surface area contributed by atoms with Crippen LogP contribution in [0, 0.1) is 0 Å². The third-order valence-corrected chi connectivity index (χ3v) is 5.48. The summed E-state index contributed by atoms with van der Waals surface area (Å²) in [6.45, 7) is 0. The topological polar surface area (TPSA) is 88.5 Å². The number of para-hydroxylation sites is 1. The van der Waals surface area contributed by atoms with Crippen LogP contribution < -0.4 is 10.1 Å². The van der Waals surface area contributed by atoms with Crippen LogP contribution >= 0.6 is 11.6 Å². The number of hydrogen-bond acceptors (Lipinski definition) is 4. The van der Waals surface area contributed by atoms with Crippen molar-refractivity contribution in [3.05, 3.63) is 52.8 Å². The Kier molecular flexibility index (Phi) is 4.07. The molecule has 26 heavy (non-hydrogen) atoms. The zero-order valence-corrected chi connectivity index (χ0v) is 14.6. The van der Waals surface area contributed by atoms with Crippen molar-refractivity contribution in [3.8, 4) is 5.75 Å². The van der Waals surface area contributed by atoms with Gasteiger partial charge in [-0.3, -0.25) is 4.79 Å². The zero-order valence-electron chi connectivity index (χ0n) is 13.9. The second-order valence-corrected chi connectivity index (χ2v) is 7.09. The summed E-state index contributed by atoms with van der Waals surface area (Å²) >= 11 is 6.15. The number of halogens is 1. The van der Waals surface area contributed by atoms with Crippen molar-refractivity contribution in [2.45, 2.75) is 37.2 Å². The molecule has 2 aliphatic rings. The highest BCUT2D eigenvalue weighted by molar-refractivity contribution is 6.32. The highest BCUT2D eigenvalue weighted by atomic mass is 35.5. The number of carbonyl (C=O) groups excluding carboxylic acids is 1. The summed E-state index contributed by atoms with van der Waals surface area (Å²) in [6, 6.07) is 10.3. The number of carboxylic acids is 1. The summed E-state index contributed by atoms with van der Waals surface area (Å²) in [4.78, 5) is 28.1. The minimum Gasteiger partial charge on any atom is -0.489 e. The molecule has 1 saturated carbocycles. The molecule has 1 amide bonds. The SMILES string of the molecule is O=C(O)c1ccc2c(n1)C1(CCC(Oc3ccccc3Cl)CC1)C(=O)N2. The number of carboxylic acid groups (broad SMARTS) is 1. The van der Waals surface area contributed by atoms with Crippen LogP contribution in [0.3, 0.4) is 0 Å². The number of amides is 1. The van der Waals surface area contributed by atoms with Gasteiger partial charge < -0.3 is 15.2 Å². The molecule has 0 saturated heterocycles. The van der Waals surface area contributed by atoms with Gasteiger partial charge in [0.2, 0.25) is 5.91 Å². The van der Waals surface area contributed by atoms with Gasteiger partial charge in [-0.25, -0.2) is 9.78 Å². The van der Waals surface area contributed by atoms with Gasteiger partial charge in [0, 0.05) is 0 Å². The largest absolute Gasteiger partial charge is 0.489 e. The molecule has 7 heteroatoms. The molecular weight excluding hydrogens is 356 g/mol. The van der Waals surface area contributed by atoms with Crippen molar-refractivity contribution in [3.63, 3.8) is 0 Å². The van der Waals surface area contributed by atoms with Crippen LogP contribution in [-0.4, -0.2) is 28.1 Å². The maximum Gasteiger partial charge on any atom is 0.354 e. The molecule has 6 nitrogen and oxygen atoms in total. The predicted octanol–water partition coefficient (Wildman–Crippen LogP) is 3.64. The summed E-state index contributed by atoms with van der Waals surface area (Å²) in [5.74, 6) is -0.575. The van der Waals surface area contributed by atoms with Crippen LogP contribution in [0.25, 0.3) is 0 Å². The average Bonchev–Trinajstić information content (AvgIpc) is 2.90. The summed E-state index contributed by atoms with van der Waals surface area (Å²) in [5.41, 5.74) is 0.319. The Hall–Kier alpha value is -2.60. The maximum atomic E-state index is 12.6. The number of benzene rings is 1. The van der Waals surface area contributed by atoms with Crippen molar-refractivity contribution in [2.24, 2.45) is 0 Å². The van der Waals surface area contributed by atoms with Crippen molar-refractivity contribution in [2.75, 3.05) is 5.32 Å². The van der Waals surface area contributed by atoms with Crippen LogP contribution in [0.2, 0.25) is 5.02 Å². The Morgan fingerprint density at radius 3 is 2.65 bits per heavy atom. The van der Waals surface area contributed by atoms with E-state index in [1.54, 1.807) is 12.1 Å². The van der Waals surface area contributed by atoms with Gasteiger partial charge in [0.05, 0.1) is 27.9 Å². The fourth-order valence-electron chi connectivity index (χ4n) is 3.78. The first-order valence-corrected chi connectivity index (χ1v) is 8.85. The summed E-state index contributed by atoms with van der Waals surface area (Å²) in [6.07, 6.45) is 2.39. The van der Waals surface area contributed by atoms with E-state index < -0.39 is 11.4 Å². The lowest BCUT2D eigenvalue weighted by atomic mass is 9.71. The van der Waals surface area contributed by atoms with Gasteiger partial charge >= 0.3 is 5.97 Å². The lowest BCUT2D eigenvalue weighted by Gasteiger charge is -2.35. The average molecular weight is 373 g/mol. The molecular formula is C19H17ClN2O4. The second kappa shape index (κ2) is 6.29. The molecule has 2 aromatic rings. The number of carbonyl (C=O) groups is 2. The van der Waals surface area contributed by atoms with E-state index >= 15 is 0 Å². The van der Waals surface area contributed by atoms with E-state index in [0.29, 0.717) is 47.8 Å². The normalized spacial score (nSPS) is 24.2. The maximum absolute atomic E-state index is 12.6. The van der Waals surface area contributed by atoms with Crippen molar-refractivity contribution in [1.82, 2.24) is 4.98 Å². The fourth-order valence-corrected chi connectivity index (χ4v) is 3.96. The number of nitrogens with one attached hydrogen (secondary N) is 1. The number of ether oxygens (including phenoxy) is 1. The van der Waals surface area contributed by atoms with Crippen molar-refractivity contribution >= 4 is 29.2 Å². The Bertz CT molecular complexity index is 891. The number of pyridine rings is 1. The standard InChI is InChI=1S/C19H17ClN2O4/c20-12-3-1-2-4-15(12)26-11-7-9-19(10-8-11)16-13(22-18(19)25)5-6-14(21-16)17(23)24/h1-6,11H,7-10H2,(H,22,25)(H,23,24). The Morgan fingerprint density at radius 2 is 1.96 bits per heavy atom. The number of aromatic carboxylic acids is 1. The van der Waals surface area contributed by atoms with Crippen LogP contribution in [-0.2, 0) is 10.2 Å². The first-order chi connectivity index (χ1) is 12.5. The summed E-state index contributed by atoms with van der Waals surface area (Å²) in [5, 5.41) is 12.6. The Morgan fingerprint density at radius 1 is 1.23 bits per heavy atom. The van der Waals surface area contributed by atoms with Gasteiger partial charge in [0.15, 0.2) is 0 Å². The minimum atomic E-state index is -1.10. The molecule has 0 atom stereocenters. The molecule has 0 radical (unpaired) electrons. The molecule has 1 aliphatic heterocycles. The second-order valence-electron chi connectivity index (χ2n) is 6.68. The van der Waals surface area contributed by atoms with Gasteiger partial charge in [-0.1, -0.05) is 23.7 Å². The molecule has 1 aromatic heterocycles. The molecule has 2 N–H and O–H groups in total. The van der Waals surface area contributed by atoms with Crippen molar-refractivity contribution < 1.29 is 19.4 Å². The van der Waals surface area contributed by atoms with E-state index in [-0.39, 0.29) is 17.7 Å². The Labute approximate surface area is 155 Å². The summed E-state index contributed by atoms with van der Waals surface area (Å²) < 4.78 is 6.00. The fraction of sp³-hybridized carbons (Fsp3) is 0.316. The Balaban J connectivity index is 1.55. The molecule has 1 spiro atoms. The predicted molar refractivity (Wildman–Crippen MR) is 95.8 cm³/mol. The van der Waals surface area contributed by atoms with E-state index in [0.717, 1.165) is 0 Å². The van der Waals surface area contributed by atoms with Gasteiger partial charge in [-0.05, 0) is 49.9 Å². The number of hydrogen-bond donors (Lipinski definition) is 2.